The lowest BCUT2D eigenvalue weighted by Gasteiger charge is -2.46. The molecule has 1 aliphatic rings. The highest BCUT2D eigenvalue weighted by Crippen LogP contribution is 2.43. The molecule has 122 valence electrons. The van der Waals surface area contributed by atoms with E-state index in [1.165, 1.54) is 10.4 Å². The number of hydrogen-bond acceptors (Lipinski definition) is 3. The third-order valence-corrected chi connectivity index (χ3v) is 5.40. The second-order valence-electron chi connectivity index (χ2n) is 6.89. The van der Waals surface area contributed by atoms with Gasteiger partial charge in [-0.1, -0.05) is 31.2 Å². The van der Waals surface area contributed by atoms with E-state index in [4.69, 9.17) is 0 Å². The van der Waals surface area contributed by atoms with Crippen molar-refractivity contribution in [2.24, 2.45) is 0 Å². The Hall–Kier alpha value is -1.65. The van der Waals surface area contributed by atoms with Crippen LogP contribution in [0.3, 0.4) is 0 Å². The number of nitrogens with one attached hydrogen (secondary N) is 1. The predicted molar refractivity (Wildman–Crippen MR) is 97.1 cm³/mol. The van der Waals surface area contributed by atoms with Crippen molar-refractivity contribution in [3.05, 3.63) is 52.2 Å². The molecular weight excluding hydrogens is 304 g/mol. The van der Waals surface area contributed by atoms with Crippen molar-refractivity contribution in [2.45, 2.75) is 45.2 Å². The number of para-hydroxylation sites is 1. The average Bonchev–Trinajstić information content (AvgIpc) is 2.99. The minimum absolute atomic E-state index is 0.144. The normalized spacial score (nSPS) is 19.4. The monoisotopic (exact) mass is 328 g/mol. The molecule has 3 rings (SSSR count). The maximum atomic E-state index is 12.9. The van der Waals surface area contributed by atoms with Crippen LogP contribution in [-0.4, -0.2) is 18.0 Å². The minimum Gasteiger partial charge on any atom is -0.305 e. The average molecular weight is 328 g/mol. The summed E-state index contributed by atoms with van der Waals surface area (Å²) >= 11 is 1.71. The number of carbonyl (C=O) groups is 1. The summed E-state index contributed by atoms with van der Waals surface area (Å²) in [5.41, 5.74) is 2.19. The van der Waals surface area contributed by atoms with Gasteiger partial charge in [-0.15, -0.1) is 11.3 Å². The maximum absolute atomic E-state index is 12.9. The molecule has 4 heteroatoms. The van der Waals surface area contributed by atoms with E-state index in [9.17, 15) is 4.79 Å². The molecule has 1 atom stereocenters. The summed E-state index contributed by atoms with van der Waals surface area (Å²) in [6.45, 7) is 7.68. The first kappa shape index (κ1) is 16.2. The lowest BCUT2D eigenvalue weighted by Crippen LogP contribution is -2.54. The van der Waals surface area contributed by atoms with Crippen LogP contribution in [0.2, 0.25) is 0 Å². The summed E-state index contributed by atoms with van der Waals surface area (Å²) < 4.78 is 0. The quantitative estimate of drug-likeness (QED) is 0.914. The minimum atomic E-state index is -0.157. The van der Waals surface area contributed by atoms with Gasteiger partial charge < -0.3 is 10.2 Å². The smallest absolute Gasteiger partial charge is 0.241 e. The van der Waals surface area contributed by atoms with Crippen LogP contribution < -0.4 is 10.2 Å². The predicted octanol–water partition coefficient (Wildman–Crippen LogP) is 4.16. The van der Waals surface area contributed by atoms with Crippen molar-refractivity contribution in [1.82, 2.24) is 5.32 Å². The van der Waals surface area contributed by atoms with Gasteiger partial charge in [0.05, 0.1) is 6.54 Å². The van der Waals surface area contributed by atoms with E-state index >= 15 is 0 Å². The molecule has 23 heavy (non-hydrogen) atoms. The number of nitrogens with zero attached hydrogens (tertiary/aromatic N) is 1. The fourth-order valence-corrected chi connectivity index (χ4v) is 4.32. The third kappa shape index (κ3) is 3.33. The number of carbonyl (C=O) groups excluding carboxylic acids is 1. The van der Waals surface area contributed by atoms with E-state index in [-0.39, 0.29) is 11.4 Å². The van der Waals surface area contributed by atoms with Gasteiger partial charge in [-0.2, -0.15) is 0 Å². The highest BCUT2D eigenvalue weighted by atomic mass is 32.1. The van der Waals surface area contributed by atoms with Crippen LogP contribution in [0.5, 0.6) is 0 Å². The van der Waals surface area contributed by atoms with Gasteiger partial charge in [-0.25, -0.2) is 0 Å². The summed E-state index contributed by atoms with van der Waals surface area (Å²) in [7, 11) is 0. The van der Waals surface area contributed by atoms with E-state index in [1.54, 1.807) is 11.3 Å². The summed E-state index contributed by atoms with van der Waals surface area (Å²) in [4.78, 5) is 16.1. The Morgan fingerprint density at radius 1 is 1.30 bits per heavy atom. The molecule has 1 aromatic heterocycles. The van der Waals surface area contributed by atoms with Crippen LogP contribution in [0.15, 0.2) is 41.8 Å². The van der Waals surface area contributed by atoms with Gasteiger partial charge in [-0.05, 0) is 49.3 Å². The highest BCUT2D eigenvalue weighted by Gasteiger charge is 2.39. The molecule has 1 aromatic carbocycles. The Morgan fingerprint density at radius 2 is 2.09 bits per heavy atom. The third-order valence-electron chi connectivity index (χ3n) is 4.52. The largest absolute Gasteiger partial charge is 0.305 e. The molecule has 1 amide bonds. The van der Waals surface area contributed by atoms with Crippen LogP contribution in [-0.2, 0) is 11.3 Å². The molecule has 0 fully saturated rings. The molecule has 2 aromatic rings. The molecule has 0 aliphatic carbocycles. The van der Waals surface area contributed by atoms with Gasteiger partial charge in [0.2, 0.25) is 5.91 Å². The zero-order valence-electron chi connectivity index (χ0n) is 14.0. The van der Waals surface area contributed by atoms with Crippen molar-refractivity contribution in [3.63, 3.8) is 0 Å². The molecule has 0 saturated carbocycles. The fourth-order valence-electron chi connectivity index (χ4n) is 3.64. The molecule has 1 aliphatic heterocycles. The summed E-state index contributed by atoms with van der Waals surface area (Å²) in [5.74, 6) is 0.621. The van der Waals surface area contributed by atoms with E-state index < -0.39 is 0 Å². The topological polar surface area (TPSA) is 32.3 Å². The molecule has 3 nitrogen and oxygen atoms in total. The molecular formula is C19H24N2OS. The van der Waals surface area contributed by atoms with Crippen LogP contribution in [0.1, 0.15) is 43.6 Å². The van der Waals surface area contributed by atoms with Gasteiger partial charge in [0.1, 0.15) is 0 Å². The van der Waals surface area contributed by atoms with Crippen LogP contribution in [0, 0.1) is 0 Å². The van der Waals surface area contributed by atoms with E-state index in [1.807, 2.05) is 17.0 Å². The Labute approximate surface area is 142 Å². The molecule has 1 unspecified atom stereocenters. The van der Waals surface area contributed by atoms with E-state index in [0.717, 1.165) is 18.7 Å². The summed E-state index contributed by atoms with van der Waals surface area (Å²) in [6.07, 6.45) is 0.987. The summed E-state index contributed by atoms with van der Waals surface area (Å²) in [6, 6.07) is 12.4. The van der Waals surface area contributed by atoms with Gasteiger partial charge in [0.15, 0.2) is 0 Å². The first-order chi connectivity index (χ1) is 11.0. The number of anilines is 1. The van der Waals surface area contributed by atoms with E-state index in [2.05, 4.69) is 55.7 Å². The van der Waals surface area contributed by atoms with Gasteiger partial charge in [0.25, 0.3) is 0 Å². The maximum Gasteiger partial charge on any atom is 0.241 e. The van der Waals surface area contributed by atoms with Crippen LogP contribution in [0.25, 0.3) is 0 Å². The molecule has 2 heterocycles. The Bertz CT molecular complexity index is 678. The Morgan fingerprint density at radius 3 is 2.83 bits per heavy atom. The Kier molecular flexibility index (Phi) is 4.55. The zero-order chi connectivity index (χ0) is 16.4. The lowest BCUT2D eigenvalue weighted by molar-refractivity contribution is -0.119. The number of hydrogen-bond donors (Lipinski definition) is 1. The van der Waals surface area contributed by atoms with Crippen molar-refractivity contribution >= 4 is 22.9 Å². The van der Waals surface area contributed by atoms with Gasteiger partial charge in [0, 0.05) is 22.6 Å². The number of amides is 1. The number of fused-ring (bicyclic) bond motifs is 1. The first-order valence-corrected chi connectivity index (χ1v) is 9.02. The molecule has 1 N–H and O–H groups in total. The molecule has 0 spiro atoms. The zero-order valence-corrected chi connectivity index (χ0v) is 14.8. The van der Waals surface area contributed by atoms with Crippen molar-refractivity contribution in [2.75, 3.05) is 11.4 Å². The number of thiophene rings is 1. The second-order valence-corrected chi connectivity index (χ2v) is 7.92. The standard InChI is InChI=1S/C19H24N2OS/c1-14-11-19(2,3)21(17-9-5-4-8-16(14)17)18(22)13-20-12-15-7-6-10-23-15/h4-10,14,20H,11-13H2,1-3H3. The molecule has 0 bridgehead atoms. The SMILES string of the molecule is CC1CC(C)(C)N(C(=O)CNCc2cccs2)c2ccccc21. The van der Waals surface area contributed by atoms with Crippen molar-refractivity contribution < 1.29 is 4.79 Å². The second kappa shape index (κ2) is 6.46. The van der Waals surface area contributed by atoms with Crippen LogP contribution in [0.4, 0.5) is 5.69 Å². The van der Waals surface area contributed by atoms with Gasteiger partial charge in [-0.3, -0.25) is 4.79 Å². The summed E-state index contributed by atoms with van der Waals surface area (Å²) in [5, 5.41) is 5.34. The van der Waals surface area contributed by atoms with Crippen molar-refractivity contribution in [3.8, 4) is 0 Å². The van der Waals surface area contributed by atoms with Crippen molar-refractivity contribution in [1.29, 1.82) is 0 Å². The van der Waals surface area contributed by atoms with Crippen LogP contribution >= 0.6 is 11.3 Å². The van der Waals surface area contributed by atoms with Gasteiger partial charge >= 0.3 is 0 Å². The highest BCUT2D eigenvalue weighted by molar-refractivity contribution is 7.09. The Balaban J connectivity index is 1.76. The fraction of sp³-hybridized carbons (Fsp3) is 0.421. The molecule has 0 radical (unpaired) electrons. The first-order valence-electron chi connectivity index (χ1n) is 8.14. The number of rotatable bonds is 4. The lowest BCUT2D eigenvalue weighted by atomic mass is 9.80. The van der Waals surface area contributed by atoms with E-state index in [0.29, 0.717) is 12.5 Å². The number of benzene rings is 1. The molecule has 0 saturated heterocycles.